The molecule has 0 saturated heterocycles. The molecule has 0 aliphatic carbocycles. The number of hydrogen-bond donors (Lipinski definition) is 1. The number of amides is 1. The summed E-state index contributed by atoms with van der Waals surface area (Å²) in [7, 11) is 0. The second-order valence-electron chi connectivity index (χ2n) is 7.24. The van der Waals surface area contributed by atoms with E-state index in [1.165, 1.54) is 5.56 Å². The van der Waals surface area contributed by atoms with Gasteiger partial charge in [0.15, 0.2) is 5.60 Å². The fourth-order valence-electron chi connectivity index (χ4n) is 2.56. The average Bonchev–Trinajstić information content (AvgIpc) is 2.61. The molecule has 2 aromatic rings. The minimum absolute atomic E-state index is 0.141. The van der Waals surface area contributed by atoms with E-state index in [0.717, 1.165) is 18.6 Å². The maximum atomic E-state index is 12.4. The Labute approximate surface area is 166 Å². The van der Waals surface area contributed by atoms with Crippen LogP contribution in [-0.2, 0) is 11.2 Å². The normalized spacial score (nSPS) is 11.3. The van der Waals surface area contributed by atoms with Crippen LogP contribution in [0, 0.1) is 0 Å². The molecule has 0 aliphatic rings. The Morgan fingerprint density at radius 2 is 1.63 bits per heavy atom. The molecule has 4 nitrogen and oxygen atoms in total. The molecule has 1 amide bonds. The molecule has 0 radical (unpaired) electrons. The highest BCUT2D eigenvalue weighted by molar-refractivity contribution is 6.30. The summed E-state index contributed by atoms with van der Waals surface area (Å²) >= 11 is 5.87. The summed E-state index contributed by atoms with van der Waals surface area (Å²) in [6.07, 6.45) is 1.91. The standard InChI is InChI=1S/C22H28ClNO3/c1-16(2)26-19-11-7-17(8-12-19)6-5-15-24-21(25)22(3,4)27-20-13-9-18(23)10-14-20/h7-14,16H,5-6,15H2,1-4H3,(H,24,25). The van der Waals surface area contributed by atoms with Crippen molar-refractivity contribution >= 4 is 17.5 Å². The molecule has 27 heavy (non-hydrogen) atoms. The maximum absolute atomic E-state index is 12.4. The Morgan fingerprint density at radius 1 is 1.04 bits per heavy atom. The first-order valence-electron chi connectivity index (χ1n) is 9.25. The van der Waals surface area contributed by atoms with Gasteiger partial charge in [0.05, 0.1) is 6.10 Å². The summed E-state index contributed by atoms with van der Waals surface area (Å²) < 4.78 is 11.4. The molecule has 0 aliphatic heterocycles. The van der Waals surface area contributed by atoms with Crippen LogP contribution in [0.3, 0.4) is 0 Å². The summed E-state index contributed by atoms with van der Waals surface area (Å²) in [4.78, 5) is 12.4. The second kappa shape index (κ2) is 9.65. The topological polar surface area (TPSA) is 47.6 Å². The van der Waals surface area contributed by atoms with E-state index in [1.807, 2.05) is 26.0 Å². The third kappa shape index (κ3) is 7.14. The van der Waals surface area contributed by atoms with Crippen molar-refractivity contribution in [3.8, 4) is 11.5 Å². The molecule has 0 spiro atoms. The van der Waals surface area contributed by atoms with Crippen molar-refractivity contribution in [2.24, 2.45) is 0 Å². The van der Waals surface area contributed by atoms with Crippen molar-refractivity contribution < 1.29 is 14.3 Å². The van der Waals surface area contributed by atoms with Crippen molar-refractivity contribution in [2.45, 2.75) is 52.2 Å². The Balaban J connectivity index is 1.75. The highest BCUT2D eigenvalue weighted by Crippen LogP contribution is 2.21. The first-order valence-corrected chi connectivity index (χ1v) is 9.62. The van der Waals surface area contributed by atoms with E-state index in [9.17, 15) is 4.79 Å². The van der Waals surface area contributed by atoms with Gasteiger partial charge in [-0.1, -0.05) is 23.7 Å². The lowest BCUT2D eigenvalue weighted by atomic mass is 10.1. The predicted octanol–water partition coefficient (Wildman–Crippen LogP) is 5.03. The number of hydrogen-bond acceptors (Lipinski definition) is 3. The van der Waals surface area contributed by atoms with Crippen molar-refractivity contribution in [2.75, 3.05) is 6.54 Å². The summed E-state index contributed by atoms with van der Waals surface area (Å²) in [6.45, 7) is 8.12. The van der Waals surface area contributed by atoms with E-state index in [-0.39, 0.29) is 12.0 Å². The van der Waals surface area contributed by atoms with Gasteiger partial charge in [0.1, 0.15) is 11.5 Å². The van der Waals surface area contributed by atoms with Crippen molar-refractivity contribution in [3.63, 3.8) is 0 Å². The molecule has 0 saturated carbocycles. The molecule has 0 aromatic heterocycles. The van der Waals surface area contributed by atoms with Gasteiger partial charge >= 0.3 is 0 Å². The van der Waals surface area contributed by atoms with Crippen molar-refractivity contribution in [1.29, 1.82) is 0 Å². The fourth-order valence-corrected chi connectivity index (χ4v) is 2.68. The van der Waals surface area contributed by atoms with Crippen LogP contribution in [0.1, 0.15) is 39.7 Å². The summed E-state index contributed by atoms with van der Waals surface area (Å²) in [5.41, 5.74) is 0.265. The lowest BCUT2D eigenvalue weighted by Gasteiger charge is -2.25. The summed E-state index contributed by atoms with van der Waals surface area (Å²) in [5, 5.41) is 3.58. The van der Waals surface area contributed by atoms with E-state index in [4.69, 9.17) is 21.1 Å². The molecular formula is C22H28ClNO3. The van der Waals surface area contributed by atoms with Crippen molar-refractivity contribution in [3.05, 3.63) is 59.1 Å². The number of halogens is 1. The zero-order chi connectivity index (χ0) is 19.9. The first kappa shape index (κ1) is 21.1. The third-order valence-electron chi connectivity index (χ3n) is 3.96. The quantitative estimate of drug-likeness (QED) is 0.611. The second-order valence-corrected chi connectivity index (χ2v) is 7.67. The minimum atomic E-state index is -0.955. The van der Waals surface area contributed by atoms with Gasteiger partial charge in [-0.05, 0) is 82.5 Å². The van der Waals surface area contributed by atoms with Gasteiger partial charge in [-0.25, -0.2) is 0 Å². The molecule has 0 unspecified atom stereocenters. The number of carbonyl (C=O) groups is 1. The van der Waals surface area contributed by atoms with Gasteiger partial charge in [-0.15, -0.1) is 0 Å². The van der Waals surface area contributed by atoms with Crippen LogP contribution in [0.2, 0.25) is 5.02 Å². The Hall–Kier alpha value is -2.20. The molecule has 2 rings (SSSR count). The van der Waals surface area contributed by atoms with Gasteiger partial charge in [0, 0.05) is 11.6 Å². The van der Waals surface area contributed by atoms with Crippen LogP contribution in [0.5, 0.6) is 11.5 Å². The van der Waals surface area contributed by atoms with Crippen LogP contribution >= 0.6 is 11.6 Å². The van der Waals surface area contributed by atoms with E-state index in [0.29, 0.717) is 17.3 Å². The Morgan fingerprint density at radius 3 is 2.22 bits per heavy atom. The molecule has 1 N–H and O–H groups in total. The zero-order valence-electron chi connectivity index (χ0n) is 16.4. The van der Waals surface area contributed by atoms with Gasteiger partial charge in [0.25, 0.3) is 5.91 Å². The monoisotopic (exact) mass is 389 g/mol. The number of benzene rings is 2. The predicted molar refractivity (Wildman–Crippen MR) is 110 cm³/mol. The molecule has 0 atom stereocenters. The van der Waals surface area contributed by atoms with Crippen LogP contribution in [0.25, 0.3) is 0 Å². The first-order chi connectivity index (χ1) is 12.8. The van der Waals surface area contributed by atoms with Gasteiger partial charge < -0.3 is 14.8 Å². The smallest absolute Gasteiger partial charge is 0.263 e. The lowest BCUT2D eigenvalue weighted by molar-refractivity contribution is -0.134. The average molecular weight is 390 g/mol. The van der Waals surface area contributed by atoms with Gasteiger partial charge in [-0.3, -0.25) is 4.79 Å². The summed E-state index contributed by atoms with van der Waals surface area (Å²) in [5.74, 6) is 1.35. The Bertz CT molecular complexity index is 724. The van der Waals surface area contributed by atoms with Crippen LogP contribution in [-0.4, -0.2) is 24.2 Å². The maximum Gasteiger partial charge on any atom is 0.263 e. The van der Waals surface area contributed by atoms with Gasteiger partial charge in [0.2, 0.25) is 0 Å². The molecule has 146 valence electrons. The molecule has 5 heteroatoms. The van der Waals surface area contributed by atoms with Crippen LogP contribution < -0.4 is 14.8 Å². The van der Waals surface area contributed by atoms with E-state index < -0.39 is 5.60 Å². The van der Waals surface area contributed by atoms with Crippen LogP contribution in [0.15, 0.2) is 48.5 Å². The zero-order valence-corrected chi connectivity index (χ0v) is 17.2. The molecular weight excluding hydrogens is 362 g/mol. The third-order valence-corrected chi connectivity index (χ3v) is 4.21. The minimum Gasteiger partial charge on any atom is -0.491 e. The van der Waals surface area contributed by atoms with Gasteiger partial charge in [-0.2, -0.15) is 0 Å². The summed E-state index contributed by atoms with van der Waals surface area (Å²) in [6, 6.07) is 15.1. The number of rotatable bonds is 9. The lowest BCUT2D eigenvalue weighted by Crippen LogP contribution is -2.46. The number of carbonyl (C=O) groups excluding carboxylic acids is 1. The largest absolute Gasteiger partial charge is 0.491 e. The van der Waals surface area contributed by atoms with Crippen molar-refractivity contribution in [1.82, 2.24) is 5.32 Å². The SMILES string of the molecule is CC(C)Oc1ccc(CCCNC(=O)C(C)(C)Oc2ccc(Cl)cc2)cc1. The highest BCUT2D eigenvalue weighted by atomic mass is 35.5. The Kier molecular flexibility index (Phi) is 7.55. The van der Waals surface area contributed by atoms with E-state index in [2.05, 4.69) is 17.4 Å². The fraction of sp³-hybridized carbons (Fsp3) is 0.409. The highest BCUT2D eigenvalue weighted by Gasteiger charge is 2.29. The number of ether oxygens (including phenoxy) is 2. The van der Waals surface area contributed by atoms with E-state index in [1.54, 1.807) is 38.1 Å². The number of nitrogens with one attached hydrogen (secondary N) is 1. The molecule has 0 bridgehead atoms. The van der Waals surface area contributed by atoms with Crippen LogP contribution in [0.4, 0.5) is 0 Å². The molecule has 2 aromatic carbocycles. The molecule has 0 fully saturated rings. The number of aryl methyl sites for hydroxylation is 1. The molecule has 0 heterocycles. The van der Waals surface area contributed by atoms with E-state index >= 15 is 0 Å².